The molecule has 0 spiro atoms. The van der Waals surface area contributed by atoms with E-state index in [9.17, 15) is 4.79 Å². The zero-order chi connectivity index (χ0) is 17.4. The van der Waals surface area contributed by atoms with Gasteiger partial charge in [0.15, 0.2) is 5.78 Å². The van der Waals surface area contributed by atoms with Crippen LogP contribution in [0.3, 0.4) is 0 Å². The van der Waals surface area contributed by atoms with Gasteiger partial charge in [0.1, 0.15) is 0 Å². The van der Waals surface area contributed by atoms with Gasteiger partial charge in [0.05, 0.1) is 11.4 Å². The van der Waals surface area contributed by atoms with Crippen LogP contribution in [-0.4, -0.2) is 23.2 Å². The number of rotatable bonds is 3. The van der Waals surface area contributed by atoms with Crippen LogP contribution >= 0.6 is 23.2 Å². The van der Waals surface area contributed by atoms with Crippen LogP contribution in [0, 0.1) is 0 Å². The van der Waals surface area contributed by atoms with Crippen molar-refractivity contribution in [2.75, 3.05) is 12.4 Å². The van der Waals surface area contributed by atoms with Crippen LogP contribution < -0.4 is 5.32 Å². The van der Waals surface area contributed by atoms with E-state index in [2.05, 4.69) is 5.32 Å². The first-order valence-electron chi connectivity index (χ1n) is 8.19. The summed E-state index contributed by atoms with van der Waals surface area (Å²) < 4.78 is 0. The normalized spacial score (nSPS) is 13.7. The SMILES string of the molecule is O=C(CCl)c1ccccc1-c1c2c(nc3ccc(Cl)cc13)CCNC2. The van der Waals surface area contributed by atoms with Gasteiger partial charge in [-0.15, -0.1) is 11.6 Å². The number of fused-ring (bicyclic) bond motifs is 2. The number of hydrogen-bond acceptors (Lipinski definition) is 3. The number of aromatic nitrogens is 1. The molecule has 0 atom stereocenters. The van der Waals surface area contributed by atoms with Gasteiger partial charge in [0.2, 0.25) is 0 Å². The van der Waals surface area contributed by atoms with Crippen LogP contribution in [0.25, 0.3) is 22.0 Å². The fraction of sp³-hybridized carbons (Fsp3) is 0.200. The Bertz CT molecular complexity index is 985. The van der Waals surface area contributed by atoms with Crippen LogP contribution in [0.2, 0.25) is 5.02 Å². The molecule has 2 heterocycles. The highest BCUT2D eigenvalue weighted by molar-refractivity contribution is 6.32. The van der Waals surface area contributed by atoms with Gasteiger partial charge in [0, 0.05) is 41.2 Å². The standard InChI is InChI=1S/C20H16Cl2N2O/c21-10-19(25)13-3-1-2-4-14(13)20-15-9-12(22)5-6-17(15)24-18-7-8-23-11-16(18)20/h1-6,9,23H,7-8,10-11H2. The summed E-state index contributed by atoms with van der Waals surface area (Å²) in [6.45, 7) is 1.63. The molecule has 1 aliphatic heterocycles. The third kappa shape index (κ3) is 2.93. The van der Waals surface area contributed by atoms with Gasteiger partial charge >= 0.3 is 0 Å². The van der Waals surface area contributed by atoms with E-state index in [-0.39, 0.29) is 11.7 Å². The lowest BCUT2D eigenvalue weighted by atomic mass is 9.88. The van der Waals surface area contributed by atoms with Gasteiger partial charge in [-0.2, -0.15) is 0 Å². The molecule has 3 aromatic rings. The lowest BCUT2D eigenvalue weighted by molar-refractivity contribution is 0.102. The highest BCUT2D eigenvalue weighted by Gasteiger charge is 2.22. The molecule has 0 aliphatic carbocycles. The number of pyridine rings is 1. The van der Waals surface area contributed by atoms with Crippen molar-refractivity contribution < 1.29 is 4.79 Å². The Labute approximate surface area is 156 Å². The molecule has 1 aromatic heterocycles. The average Bonchev–Trinajstić information content (AvgIpc) is 2.65. The third-order valence-electron chi connectivity index (χ3n) is 4.59. The summed E-state index contributed by atoms with van der Waals surface area (Å²) in [6, 6.07) is 13.3. The molecule has 0 amide bonds. The molecule has 0 unspecified atom stereocenters. The second-order valence-corrected chi connectivity index (χ2v) is 6.81. The van der Waals surface area contributed by atoms with Crippen molar-refractivity contribution in [1.29, 1.82) is 0 Å². The maximum Gasteiger partial charge on any atom is 0.178 e. The number of ketones is 1. The van der Waals surface area contributed by atoms with Crippen molar-refractivity contribution in [1.82, 2.24) is 10.3 Å². The van der Waals surface area contributed by atoms with E-state index in [1.165, 1.54) is 0 Å². The first-order valence-corrected chi connectivity index (χ1v) is 9.10. The smallest absolute Gasteiger partial charge is 0.178 e. The van der Waals surface area contributed by atoms with Crippen molar-refractivity contribution >= 4 is 39.9 Å². The highest BCUT2D eigenvalue weighted by Crippen LogP contribution is 2.37. The van der Waals surface area contributed by atoms with Crippen LogP contribution in [0.5, 0.6) is 0 Å². The highest BCUT2D eigenvalue weighted by atomic mass is 35.5. The third-order valence-corrected chi connectivity index (χ3v) is 5.07. The number of Topliss-reactive ketones (excluding diaryl/α,β-unsaturated/α-hetero) is 1. The van der Waals surface area contributed by atoms with Gasteiger partial charge in [0.25, 0.3) is 0 Å². The molecule has 25 heavy (non-hydrogen) atoms. The minimum absolute atomic E-state index is 0.0405. The van der Waals surface area contributed by atoms with Gasteiger partial charge < -0.3 is 5.32 Å². The number of alkyl halides is 1. The molecule has 0 bridgehead atoms. The summed E-state index contributed by atoms with van der Waals surface area (Å²) in [6.07, 6.45) is 0.868. The van der Waals surface area contributed by atoms with Gasteiger partial charge in [-0.3, -0.25) is 9.78 Å². The monoisotopic (exact) mass is 370 g/mol. The van der Waals surface area contributed by atoms with Gasteiger partial charge in [-0.25, -0.2) is 0 Å². The Balaban J connectivity index is 2.10. The molecular formula is C20H16Cl2N2O. The molecular weight excluding hydrogens is 355 g/mol. The number of hydrogen-bond donors (Lipinski definition) is 1. The molecule has 3 nitrogen and oxygen atoms in total. The predicted molar refractivity (Wildman–Crippen MR) is 103 cm³/mol. The van der Waals surface area contributed by atoms with E-state index >= 15 is 0 Å². The number of nitrogens with one attached hydrogen (secondary N) is 1. The van der Waals surface area contributed by atoms with Crippen LogP contribution in [0.4, 0.5) is 0 Å². The zero-order valence-corrected chi connectivity index (χ0v) is 15.0. The first kappa shape index (κ1) is 16.5. The first-order chi connectivity index (χ1) is 12.2. The maximum atomic E-state index is 12.4. The molecule has 5 heteroatoms. The summed E-state index contributed by atoms with van der Waals surface area (Å²) >= 11 is 12.1. The largest absolute Gasteiger partial charge is 0.312 e. The van der Waals surface area contributed by atoms with Crippen molar-refractivity contribution in [2.24, 2.45) is 0 Å². The molecule has 0 saturated heterocycles. The van der Waals surface area contributed by atoms with Crippen LogP contribution in [-0.2, 0) is 13.0 Å². The predicted octanol–water partition coefficient (Wildman–Crippen LogP) is 4.62. The van der Waals surface area contributed by atoms with E-state index in [1.54, 1.807) is 0 Å². The van der Waals surface area contributed by atoms with Gasteiger partial charge in [-0.1, -0.05) is 35.9 Å². The van der Waals surface area contributed by atoms with Crippen LogP contribution in [0.1, 0.15) is 21.6 Å². The van der Waals surface area contributed by atoms with Crippen LogP contribution in [0.15, 0.2) is 42.5 Å². The second-order valence-electron chi connectivity index (χ2n) is 6.10. The molecule has 0 radical (unpaired) electrons. The minimum Gasteiger partial charge on any atom is -0.312 e. The number of halogens is 2. The molecule has 1 aliphatic rings. The van der Waals surface area contributed by atoms with E-state index < -0.39 is 0 Å². The zero-order valence-electron chi connectivity index (χ0n) is 13.5. The van der Waals surface area contributed by atoms with E-state index in [4.69, 9.17) is 28.2 Å². The summed E-state index contributed by atoms with van der Waals surface area (Å²) in [5.74, 6) is -0.122. The Morgan fingerprint density at radius 2 is 2.04 bits per heavy atom. The van der Waals surface area contributed by atoms with E-state index in [1.807, 2.05) is 42.5 Å². The Hall–Kier alpha value is -1.94. The molecule has 0 fully saturated rings. The lowest BCUT2D eigenvalue weighted by Crippen LogP contribution is -2.25. The minimum atomic E-state index is -0.0817. The Morgan fingerprint density at radius 3 is 2.88 bits per heavy atom. The van der Waals surface area contributed by atoms with Crippen molar-refractivity contribution in [3.63, 3.8) is 0 Å². The molecule has 1 N–H and O–H groups in total. The summed E-state index contributed by atoms with van der Waals surface area (Å²) in [4.78, 5) is 17.2. The molecule has 0 saturated carbocycles. The second kappa shape index (κ2) is 6.75. The van der Waals surface area contributed by atoms with Crippen molar-refractivity contribution in [3.05, 3.63) is 64.3 Å². The maximum absolute atomic E-state index is 12.4. The topological polar surface area (TPSA) is 42.0 Å². The fourth-order valence-electron chi connectivity index (χ4n) is 3.47. The Kier molecular flexibility index (Phi) is 4.46. The number of nitrogens with zero attached hydrogens (tertiary/aromatic N) is 1. The number of carbonyl (C=O) groups excluding carboxylic acids is 1. The van der Waals surface area contributed by atoms with E-state index in [0.29, 0.717) is 10.6 Å². The number of benzene rings is 2. The fourth-order valence-corrected chi connectivity index (χ4v) is 3.78. The van der Waals surface area contributed by atoms with Crippen molar-refractivity contribution in [3.8, 4) is 11.1 Å². The summed E-state index contributed by atoms with van der Waals surface area (Å²) in [5.41, 5.74) is 5.67. The van der Waals surface area contributed by atoms with Gasteiger partial charge in [-0.05, 0) is 34.9 Å². The molecule has 126 valence electrons. The number of carbonyl (C=O) groups is 1. The quantitative estimate of drug-likeness (QED) is 0.540. The average molecular weight is 371 g/mol. The van der Waals surface area contributed by atoms with Crippen molar-refractivity contribution in [2.45, 2.75) is 13.0 Å². The van der Waals surface area contributed by atoms with E-state index in [0.717, 1.165) is 52.8 Å². The molecule has 4 rings (SSSR count). The molecule has 2 aromatic carbocycles. The lowest BCUT2D eigenvalue weighted by Gasteiger charge is -2.23. The summed E-state index contributed by atoms with van der Waals surface area (Å²) in [5, 5.41) is 5.03. The summed E-state index contributed by atoms with van der Waals surface area (Å²) in [7, 11) is 0. The Morgan fingerprint density at radius 1 is 1.20 bits per heavy atom.